The molecule has 0 radical (unpaired) electrons. The van der Waals surface area contributed by atoms with E-state index in [4.69, 9.17) is 23.2 Å². The molecule has 6 heteroatoms. The van der Waals surface area contributed by atoms with E-state index in [0.717, 1.165) is 5.56 Å². The normalized spacial score (nSPS) is 16.8. The number of hydrogen-bond acceptors (Lipinski definition) is 2. The molecule has 1 N–H and O–H groups in total. The highest BCUT2D eigenvalue weighted by Gasteiger charge is 2.28. The van der Waals surface area contributed by atoms with E-state index in [0.29, 0.717) is 22.2 Å². The van der Waals surface area contributed by atoms with Crippen LogP contribution in [0.5, 0.6) is 0 Å². The van der Waals surface area contributed by atoms with Crippen LogP contribution in [-0.4, -0.2) is 17.3 Å². The number of benzene rings is 2. The van der Waals surface area contributed by atoms with Crippen molar-refractivity contribution < 1.29 is 4.79 Å². The summed E-state index contributed by atoms with van der Waals surface area (Å²) in [6.45, 7) is 0. The number of urea groups is 1. The second-order valence-corrected chi connectivity index (χ2v) is 5.68. The monoisotopic (exact) mass is 333 g/mol. The van der Waals surface area contributed by atoms with Gasteiger partial charge in [-0.2, -0.15) is 5.10 Å². The standard InChI is InChI=1S/C16H13Cl2N3O/c17-13-7-6-12(10-14(13)18)20-16(22)21-15(8-9-19-21)11-4-2-1-3-5-11/h1-7,9-10,15H,8H2,(H,20,22)/t15-/m0/s1. The largest absolute Gasteiger partial charge is 0.342 e. The number of amides is 2. The molecule has 0 unspecified atom stereocenters. The Balaban J connectivity index is 1.76. The number of hydrogen-bond donors (Lipinski definition) is 1. The Kier molecular flexibility index (Phi) is 4.32. The van der Waals surface area contributed by atoms with Gasteiger partial charge in [-0.1, -0.05) is 53.5 Å². The van der Waals surface area contributed by atoms with Gasteiger partial charge in [-0.15, -0.1) is 0 Å². The smallest absolute Gasteiger partial charge is 0.306 e. The molecular formula is C16H13Cl2N3O. The maximum atomic E-state index is 12.4. The van der Waals surface area contributed by atoms with E-state index in [1.807, 2.05) is 30.3 Å². The first-order chi connectivity index (χ1) is 10.6. The molecule has 0 aliphatic carbocycles. The zero-order chi connectivity index (χ0) is 15.5. The average molecular weight is 334 g/mol. The number of anilines is 1. The molecule has 0 spiro atoms. The molecule has 1 atom stereocenters. The van der Waals surface area contributed by atoms with E-state index in [9.17, 15) is 4.79 Å². The van der Waals surface area contributed by atoms with Crippen LogP contribution in [0.4, 0.5) is 10.5 Å². The first-order valence-corrected chi connectivity index (χ1v) is 7.53. The first kappa shape index (κ1) is 14.9. The summed E-state index contributed by atoms with van der Waals surface area (Å²) in [7, 11) is 0. The molecule has 3 rings (SSSR count). The molecule has 1 aliphatic rings. The lowest BCUT2D eigenvalue weighted by molar-refractivity contribution is 0.200. The van der Waals surface area contributed by atoms with Crippen molar-refractivity contribution >= 4 is 41.1 Å². The van der Waals surface area contributed by atoms with E-state index in [-0.39, 0.29) is 12.1 Å². The van der Waals surface area contributed by atoms with Crippen LogP contribution in [0.25, 0.3) is 0 Å². The number of hydrazone groups is 1. The van der Waals surface area contributed by atoms with Crippen LogP contribution in [0.2, 0.25) is 10.0 Å². The summed E-state index contributed by atoms with van der Waals surface area (Å²) in [5.74, 6) is 0. The van der Waals surface area contributed by atoms with E-state index >= 15 is 0 Å². The number of rotatable bonds is 2. The van der Waals surface area contributed by atoms with Gasteiger partial charge in [0.15, 0.2) is 0 Å². The fraction of sp³-hybridized carbons (Fsp3) is 0.125. The molecule has 1 aliphatic heterocycles. The molecule has 2 aromatic carbocycles. The average Bonchev–Trinajstić information content (AvgIpc) is 3.01. The fourth-order valence-electron chi connectivity index (χ4n) is 2.32. The quantitative estimate of drug-likeness (QED) is 0.829. The van der Waals surface area contributed by atoms with Gasteiger partial charge in [0, 0.05) is 18.3 Å². The molecule has 0 saturated carbocycles. The summed E-state index contributed by atoms with van der Waals surface area (Å²) in [5, 5.41) is 9.23. The van der Waals surface area contributed by atoms with Gasteiger partial charge in [0.25, 0.3) is 0 Å². The molecule has 0 fully saturated rings. The summed E-state index contributed by atoms with van der Waals surface area (Å²) >= 11 is 11.8. The second-order valence-electron chi connectivity index (χ2n) is 4.86. The highest BCUT2D eigenvalue weighted by atomic mass is 35.5. The lowest BCUT2D eigenvalue weighted by atomic mass is 10.1. The molecule has 22 heavy (non-hydrogen) atoms. The number of nitrogens with zero attached hydrogens (tertiary/aromatic N) is 2. The molecule has 0 aromatic heterocycles. The summed E-state index contributed by atoms with van der Waals surface area (Å²) in [6.07, 6.45) is 2.44. The topological polar surface area (TPSA) is 44.7 Å². The molecular weight excluding hydrogens is 321 g/mol. The lowest BCUT2D eigenvalue weighted by Gasteiger charge is -2.22. The Morgan fingerprint density at radius 1 is 1.14 bits per heavy atom. The summed E-state index contributed by atoms with van der Waals surface area (Å²) in [6, 6.07) is 14.4. The highest BCUT2D eigenvalue weighted by molar-refractivity contribution is 6.42. The van der Waals surface area contributed by atoms with Crippen molar-refractivity contribution in [2.45, 2.75) is 12.5 Å². The second kappa shape index (κ2) is 6.38. The molecule has 4 nitrogen and oxygen atoms in total. The van der Waals surface area contributed by atoms with Gasteiger partial charge < -0.3 is 5.32 Å². The Morgan fingerprint density at radius 3 is 2.64 bits per heavy atom. The lowest BCUT2D eigenvalue weighted by Crippen LogP contribution is -2.31. The summed E-state index contributed by atoms with van der Waals surface area (Å²) < 4.78 is 0. The number of nitrogens with one attached hydrogen (secondary N) is 1. The Bertz CT molecular complexity index is 719. The van der Waals surface area contributed by atoms with Gasteiger partial charge >= 0.3 is 6.03 Å². The Labute approximate surface area is 138 Å². The van der Waals surface area contributed by atoms with E-state index < -0.39 is 0 Å². The van der Waals surface area contributed by atoms with Gasteiger partial charge in [-0.05, 0) is 23.8 Å². The minimum Gasteiger partial charge on any atom is -0.306 e. The van der Waals surface area contributed by atoms with Crippen molar-refractivity contribution in [2.75, 3.05) is 5.32 Å². The van der Waals surface area contributed by atoms with Gasteiger partial charge in [0.2, 0.25) is 0 Å². The van der Waals surface area contributed by atoms with Crippen LogP contribution < -0.4 is 5.32 Å². The molecule has 2 aromatic rings. The molecule has 2 amide bonds. The number of carbonyl (C=O) groups excluding carboxylic acids is 1. The van der Waals surface area contributed by atoms with E-state index in [1.165, 1.54) is 5.01 Å². The highest BCUT2D eigenvalue weighted by Crippen LogP contribution is 2.29. The van der Waals surface area contributed by atoms with Crippen LogP contribution in [0, 0.1) is 0 Å². The minimum absolute atomic E-state index is 0.0935. The fourth-order valence-corrected chi connectivity index (χ4v) is 2.61. The number of carbonyl (C=O) groups is 1. The van der Waals surface area contributed by atoms with Crippen molar-refractivity contribution in [2.24, 2.45) is 5.10 Å². The van der Waals surface area contributed by atoms with Crippen LogP contribution in [0.15, 0.2) is 53.6 Å². The summed E-state index contributed by atoms with van der Waals surface area (Å²) in [4.78, 5) is 12.4. The third-order valence-corrected chi connectivity index (χ3v) is 4.13. The summed E-state index contributed by atoms with van der Waals surface area (Å²) in [5.41, 5.74) is 1.62. The van der Waals surface area contributed by atoms with Crippen LogP contribution in [0.3, 0.4) is 0 Å². The predicted octanol–water partition coefficient (Wildman–Crippen LogP) is 4.96. The Morgan fingerprint density at radius 2 is 1.91 bits per heavy atom. The first-order valence-electron chi connectivity index (χ1n) is 6.78. The van der Waals surface area contributed by atoms with Crippen molar-refractivity contribution in [3.8, 4) is 0 Å². The number of halogens is 2. The van der Waals surface area contributed by atoms with E-state index in [2.05, 4.69) is 10.4 Å². The van der Waals surface area contributed by atoms with Crippen LogP contribution >= 0.6 is 23.2 Å². The van der Waals surface area contributed by atoms with Gasteiger partial charge in [0.05, 0.1) is 16.1 Å². The van der Waals surface area contributed by atoms with Gasteiger partial charge in [0.1, 0.15) is 0 Å². The molecule has 112 valence electrons. The molecule has 1 heterocycles. The van der Waals surface area contributed by atoms with Crippen molar-refractivity contribution in [3.05, 3.63) is 64.1 Å². The third-order valence-electron chi connectivity index (χ3n) is 3.39. The zero-order valence-electron chi connectivity index (χ0n) is 11.5. The van der Waals surface area contributed by atoms with Crippen molar-refractivity contribution in [1.82, 2.24) is 5.01 Å². The van der Waals surface area contributed by atoms with Gasteiger partial charge in [-0.25, -0.2) is 9.80 Å². The predicted molar refractivity (Wildman–Crippen MR) is 89.6 cm³/mol. The van der Waals surface area contributed by atoms with Crippen LogP contribution in [0.1, 0.15) is 18.0 Å². The van der Waals surface area contributed by atoms with Crippen molar-refractivity contribution in [1.29, 1.82) is 0 Å². The Hall–Kier alpha value is -2.04. The third kappa shape index (κ3) is 3.08. The molecule has 0 saturated heterocycles. The maximum Gasteiger partial charge on any atom is 0.342 e. The zero-order valence-corrected chi connectivity index (χ0v) is 13.1. The maximum absolute atomic E-state index is 12.4. The molecule has 0 bridgehead atoms. The van der Waals surface area contributed by atoms with E-state index in [1.54, 1.807) is 24.4 Å². The van der Waals surface area contributed by atoms with Gasteiger partial charge in [-0.3, -0.25) is 0 Å². The van der Waals surface area contributed by atoms with Crippen molar-refractivity contribution in [3.63, 3.8) is 0 Å². The minimum atomic E-state index is -0.305. The SMILES string of the molecule is O=C(Nc1ccc(Cl)c(Cl)c1)N1N=CC[C@H]1c1ccccc1. The van der Waals surface area contributed by atoms with Crippen LogP contribution in [-0.2, 0) is 0 Å².